The van der Waals surface area contributed by atoms with Crippen molar-refractivity contribution in [1.82, 2.24) is 0 Å². The molecular formula is C8H13N2O4. The molecule has 5 N–H and O–H groups in total. The summed E-state index contributed by atoms with van der Waals surface area (Å²) in [7, 11) is 0. The number of carboxylic acids is 1. The molecule has 0 amide bonds. The van der Waals surface area contributed by atoms with Crippen LogP contribution in [-0.2, 0) is 14.4 Å². The molecule has 0 spiro atoms. The Morgan fingerprint density at radius 1 is 1.57 bits per heavy atom. The van der Waals surface area contributed by atoms with Crippen LogP contribution in [0.2, 0.25) is 0 Å². The minimum absolute atomic E-state index is 0.0391. The Morgan fingerprint density at radius 3 is 2.43 bits per heavy atom. The molecule has 0 fully saturated rings. The Kier molecular flexibility index (Phi) is 4.39. The van der Waals surface area contributed by atoms with Gasteiger partial charge in [-0.1, -0.05) is 0 Å². The number of ketones is 1. The van der Waals surface area contributed by atoms with Crippen molar-refractivity contribution in [2.45, 2.75) is 31.3 Å². The normalized spacial score (nSPS) is 16.8. The van der Waals surface area contributed by atoms with Gasteiger partial charge in [-0.05, 0) is 13.3 Å². The van der Waals surface area contributed by atoms with Crippen LogP contribution in [0.3, 0.4) is 0 Å². The second-order valence-corrected chi connectivity index (χ2v) is 3.21. The molecule has 0 aromatic rings. The van der Waals surface area contributed by atoms with Crippen LogP contribution in [-0.4, -0.2) is 34.7 Å². The second-order valence-electron chi connectivity index (χ2n) is 3.21. The number of nitrogens with two attached hydrogens (primary N) is 2. The summed E-state index contributed by atoms with van der Waals surface area (Å²) in [5.41, 5.74) is 8.75. The van der Waals surface area contributed by atoms with E-state index in [9.17, 15) is 14.4 Å². The van der Waals surface area contributed by atoms with Crippen molar-refractivity contribution in [3.63, 3.8) is 0 Å². The molecule has 0 heterocycles. The molecule has 79 valence electrons. The van der Waals surface area contributed by atoms with Crippen LogP contribution in [0.5, 0.6) is 0 Å². The first-order valence-electron chi connectivity index (χ1n) is 4.01. The molecule has 1 radical (unpaired) electrons. The van der Waals surface area contributed by atoms with Crippen molar-refractivity contribution < 1.29 is 19.5 Å². The number of aliphatic carboxylic acids is 1. The van der Waals surface area contributed by atoms with Crippen molar-refractivity contribution in [3.05, 3.63) is 0 Å². The predicted octanol–water partition coefficient (Wildman–Crippen LogP) is -1.43. The quantitative estimate of drug-likeness (QED) is 0.453. The summed E-state index contributed by atoms with van der Waals surface area (Å²) >= 11 is 0. The van der Waals surface area contributed by atoms with E-state index >= 15 is 0 Å². The van der Waals surface area contributed by atoms with Gasteiger partial charge in [-0.2, -0.15) is 0 Å². The topological polar surface area (TPSA) is 123 Å². The molecule has 0 saturated heterocycles. The molecule has 0 bridgehead atoms. The largest absolute Gasteiger partial charge is 0.480 e. The van der Waals surface area contributed by atoms with Crippen LogP contribution in [0.25, 0.3) is 0 Å². The maximum Gasteiger partial charge on any atom is 0.320 e. The van der Waals surface area contributed by atoms with Gasteiger partial charge in [0.15, 0.2) is 5.78 Å². The summed E-state index contributed by atoms with van der Waals surface area (Å²) in [5, 5.41) is 8.41. The van der Waals surface area contributed by atoms with E-state index in [-0.39, 0.29) is 12.8 Å². The van der Waals surface area contributed by atoms with E-state index in [1.807, 2.05) is 0 Å². The standard InChI is InChI=1S/C8H13N2O4/c1-8(10,4-11)6(12)3-2-5(9)7(13)14/h5H,2-3,9-10H2,1H3,(H,13,14). The van der Waals surface area contributed by atoms with Crippen molar-refractivity contribution >= 4 is 18.0 Å². The highest BCUT2D eigenvalue weighted by Crippen LogP contribution is 2.05. The van der Waals surface area contributed by atoms with E-state index in [4.69, 9.17) is 16.6 Å². The minimum Gasteiger partial charge on any atom is -0.480 e. The van der Waals surface area contributed by atoms with E-state index in [0.717, 1.165) is 0 Å². The molecule has 0 aromatic heterocycles. The Labute approximate surface area is 81.3 Å². The summed E-state index contributed by atoms with van der Waals surface area (Å²) in [5.74, 6) is -1.75. The Hall–Kier alpha value is -1.27. The lowest BCUT2D eigenvalue weighted by atomic mass is 9.95. The smallest absolute Gasteiger partial charge is 0.320 e. The van der Waals surface area contributed by atoms with Crippen LogP contribution >= 0.6 is 0 Å². The molecule has 6 nitrogen and oxygen atoms in total. The number of hydrogen-bond acceptors (Lipinski definition) is 5. The molecule has 2 atom stereocenters. The number of Topliss-reactive ketones (excluding diaryl/α,β-unsaturated/α-hetero) is 1. The SMILES string of the molecule is CC(N)([C]=O)C(=O)CCC(N)C(=O)O. The summed E-state index contributed by atoms with van der Waals surface area (Å²) in [6, 6.07) is -1.11. The first-order chi connectivity index (χ1) is 6.31. The van der Waals surface area contributed by atoms with Gasteiger partial charge in [0.2, 0.25) is 6.29 Å². The molecule has 0 aliphatic heterocycles. The average Bonchev–Trinajstić information content (AvgIpc) is 2.13. The van der Waals surface area contributed by atoms with Crippen LogP contribution in [0.4, 0.5) is 0 Å². The number of carbonyl (C=O) groups excluding carboxylic acids is 2. The van der Waals surface area contributed by atoms with Gasteiger partial charge in [0.05, 0.1) is 0 Å². The molecule has 0 aliphatic rings. The van der Waals surface area contributed by atoms with Crippen LogP contribution in [0.15, 0.2) is 0 Å². The number of hydrogen-bond donors (Lipinski definition) is 3. The number of rotatable bonds is 6. The molecule has 0 rings (SSSR count). The van der Waals surface area contributed by atoms with Crippen LogP contribution < -0.4 is 11.5 Å². The van der Waals surface area contributed by atoms with Gasteiger partial charge < -0.3 is 16.6 Å². The Balaban J connectivity index is 4.10. The predicted molar refractivity (Wildman–Crippen MR) is 48.1 cm³/mol. The van der Waals surface area contributed by atoms with Crippen LogP contribution in [0, 0.1) is 0 Å². The minimum atomic E-state index is -1.67. The Morgan fingerprint density at radius 2 is 2.07 bits per heavy atom. The number of carboxylic acid groups (broad SMARTS) is 1. The highest BCUT2D eigenvalue weighted by molar-refractivity contribution is 6.02. The molecule has 14 heavy (non-hydrogen) atoms. The molecule has 0 aromatic carbocycles. The van der Waals surface area contributed by atoms with E-state index in [2.05, 4.69) is 0 Å². The van der Waals surface area contributed by atoms with Crippen LogP contribution in [0.1, 0.15) is 19.8 Å². The highest BCUT2D eigenvalue weighted by atomic mass is 16.4. The lowest BCUT2D eigenvalue weighted by Gasteiger charge is -2.14. The number of carbonyl (C=O) groups is 2. The molecule has 6 heteroatoms. The molecule has 0 aliphatic carbocycles. The Bertz CT molecular complexity index is 250. The molecule has 2 unspecified atom stereocenters. The second kappa shape index (κ2) is 4.83. The third kappa shape index (κ3) is 3.63. The fourth-order valence-corrected chi connectivity index (χ4v) is 0.727. The fourth-order valence-electron chi connectivity index (χ4n) is 0.727. The zero-order valence-electron chi connectivity index (χ0n) is 7.82. The summed E-state index contributed by atoms with van der Waals surface area (Å²) in [6.07, 6.45) is 1.20. The van der Waals surface area contributed by atoms with Gasteiger partial charge in [-0.15, -0.1) is 0 Å². The highest BCUT2D eigenvalue weighted by Gasteiger charge is 2.29. The van der Waals surface area contributed by atoms with E-state index < -0.39 is 23.3 Å². The fraction of sp³-hybridized carbons (Fsp3) is 0.625. The maximum absolute atomic E-state index is 11.2. The first kappa shape index (κ1) is 12.7. The zero-order valence-corrected chi connectivity index (χ0v) is 7.82. The average molecular weight is 201 g/mol. The monoisotopic (exact) mass is 201 g/mol. The molecule has 0 saturated carbocycles. The van der Waals surface area contributed by atoms with Crippen molar-refractivity contribution in [1.29, 1.82) is 0 Å². The summed E-state index contributed by atoms with van der Waals surface area (Å²) in [6.45, 7) is 1.22. The summed E-state index contributed by atoms with van der Waals surface area (Å²) < 4.78 is 0. The third-order valence-electron chi connectivity index (χ3n) is 1.79. The van der Waals surface area contributed by atoms with Gasteiger partial charge in [0, 0.05) is 6.42 Å². The van der Waals surface area contributed by atoms with Crippen molar-refractivity contribution in [3.8, 4) is 0 Å². The summed E-state index contributed by atoms with van der Waals surface area (Å²) in [4.78, 5) is 31.7. The first-order valence-corrected chi connectivity index (χ1v) is 4.01. The maximum atomic E-state index is 11.2. The van der Waals surface area contributed by atoms with E-state index in [1.165, 1.54) is 13.2 Å². The lowest BCUT2D eigenvalue weighted by molar-refractivity contribution is -0.138. The van der Waals surface area contributed by atoms with Gasteiger partial charge in [0.1, 0.15) is 11.6 Å². The zero-order chi connectivity index (χ0) is 11.4. The lowest BCUT2D eigenvalue weighted by Crippen LogP contribution is -2.47. The van der Waals surface area contributed by atoms with E-state index in [1.54, 1.807) is 0 Å². The van der Waals surface area contributed by atoms with Gasteiger partial charge in [-0.25, -0.2) is 0 Å². The van der Waals surface area contributed by atoms with E-state index in [0.29, 0.717) is 0 Å². The molecular weight excluding hydrogens is 188 g/mol. The van der Waals surface area contributed by atoms with Gasteiger partial charge in [-0.3, -0.25) is 14.4 Å². The van der Waals surface area contributed by atoms with Gasteiger partial charge in [0.25, 0.3) is 0 Å². The third-order valence-corrected chi connectivity index (χ3v) is 1.79. The van der Waals surface area contributed by atoms with Gasteiger partial charge >= 0.3 is 5.97 Å². The van der Waals surface area contributed by atoms with Crippen molar-refractivity contribution in [2.75, 3.05) is 0 Å². The van der Waals surface area contributed by atoms with Crippen molar-refractivity contribution in [2.24, 2.45) is 11.5 Å².